The van der Waals surface area contributed by atoms with Crippen LogP contribution in [-0.4, -0.2) is 15.1 Å². The number of pyridine rings is 1. The molecule has 3 heterocycles. The molecule has 0 radical (unpaired) electrons. The summed E-state index contributed by atoms with van der Waals surface area (Å²) in [6.45, 7) is 5.43. The van der Waals surface area contributed by atoms with Crippen molar-refractivity contribution in [3.8, 4) is 22.8 Å². The first-order valence-electron chi connectivity index (χ1n) is 10.9. The SMILES string of the molecule is Cc1cc([C@@H](C)Nc2cccnc2-c2noc(=O)[nH]2)c2oc(-c3ccccc3F)c(C)c(=O)c2c1. The van der Waals surface area contributed by atoms with Gasteiger partial charge in [-0.25, -0.2) is 9.18 Å². The number of hydrogen-bond acceptors (Lipinski definition) is 7. The van der Waals surface area contributed by atoms with Crippen LogP contribution in [0, 0.1) is 19.7 Å². The van der Waals surface area contributed by atoms with Crippen molar-refractivity contribution in [2.45, 2.75) is 26.8 Å². The highest BCUT2D eigenvalue weighted by Gasteiger charge is 2.21. The van der Waals surface area contributed by atoms with Crippen LogP contribution in [0.3, 0.4) is 0 Å². The topological polar surface area (TPSA) is 114 Å². The summed E-state index contributed by atoms with van der Waals surface area (Å²) in [7, 11) is 0. The van der Waals surface area contributed by atoms with E-state index in [2.05, 4.69) is 25.0 Å². The Morgan fingerprint density at radius 1 is 1.09 bits per heavy atom. The van der Waals surface area contributed by atoms with Crippen LogP contribution < -0.4 is 16.5 Å². The Morgan fingerprint density at radius 2 is 1.89 bits per heavy atom. The second kappa shape index (κ2) is 8.68. The van der Waals surface area contributed by atoms with E-state index in [0.717, 1.165) is 5.56 Å². The maximum Gasteiger partial charge on any atom is 0.439 e. The van der Waals surface area contributed by atoms with Crippen LogP contribution >= 0.6 is 0 Å². The van der Waals surface area contributed by atoms with Crippen molar-refractivity contribution in [2.75, 3.05) is 5.32 Å². The van der Waals surface area contributed by atoms with Crippen molar-refractivity contribution in [1.29, 1.82) is 0 Å². The third kappa shape index (κ3) is 4.01. The quantitative estimate of drug-likeness (QED) is 0.365. The van der Waals surface area contributed by atoms with Gasteiger partial charge in [-0.05, 0) is 56.7 Å². The third-order valence-electron chi connectivity index (χ3n) is 5.82. The highest BCUT2D eigenvalue weighted by atomic mass is 19.1. The molecule has 2 aromatic carbocycles. The van der Waals surface area contributed by atoms with Gasteiger partial charge in [0.2, 0.25) is 5.82 Å². The molecule has 0 saturated heterocycles. The molecule has 9 heteroatoms. The van der Waals surface area contributed by atoms with E-state index in [-0.39, 0.29) is 28.6 Å². The molecular formula is C26H21FN4O4. The molecule has 0 saturated carbocycles. The molecule has 5 aromatic rings. The maximum atomic E-state index is 14.6. The summed E-state index contributed by atoms with van der Waals surface area (Å²) in [5.41, 5.74) is 3.27. The summed E-state index contributed by atoms with van der Waals surface area (Å²) in [4.78, 5) is 31.5. The third-order valence-corrected chi connectivity index (χ3v) is 5.82. The highest BCUT2D eigenvalue weighted by Crippen LogP contribution is 2.34. The van der Waals surface area contributed by atoms with Crippen LogP contribution in [0.2, 0.25) is 0 Å². The fraction of sp³-hybridized carbons (Fsp3) is 0.154. The van der Waals surface area contributed by atoms with Crippen molar-refractivity contribution < 1.29 is 13.3 Å². The Labute approximate surface area is 198 Å². The number of anilines is 1. The lowest BCUT2D eigenvalue weighted by atomic mass is 9.98. The highest BCUT2D eigenvalue weighted by molar-refractivity contribution is 5.85. The van der Waals surface area contributed by atoms with Crippen molar-refractivity contribution in [1.82, 2.24) is 15.1 Å². The predicted octanol–water partition coefficient (Wildman–Crippen LogP) is 5.13. The zero-order valence-electron chi connectivity index (χ0n) is 19.2. The lowest BCUT2D eigenvalue weighted by Gasteiger charge is -2.19. The van der Waals surface area contributed by atoms with Gasteiger partial charge in [-0.3, -0.25) is 19.3 Å². The van der Waals surface area contributed by atoms with Crippen LogP contribution in [0.15, 0.2) is 73.3 Å². The summed E-state index contributed by atoms with van der Waals surface area (Å²) >= 11 is 0. The molecule has 0 fully saturated rings. The molecule has 5 rings (SSSR count). The maximum absolute atomic E-state index is 14.6. The van der Waals surface area contributed by atoms with Crippen LogP contribution in [-0.2, 0) is 0 Å². The zero-order valence-corrected chi connectivity index (χ0v) is 19.2. The summed E-state index contributed by atoms with van der Waals surface area (Å²) < 4.78 is 25.4. The number of nitrogens with one attached hydrogen (secondary N) is 2. The van der Waals surface area contributed by atoms with Gasteiger partial charge in [-0.2, -0.15) is 0 Å². The van der Waals surface area contributed by atoms with Crippen LogP contribution in [0.1, 0.15) is 29.7 Å². The molecule has 0 spiro atoms. The summed E-state index contributed by atoms with van der Waals surface area (Å²) in [6.07, 6.45) is 1.57. The number of benzene rings is 2. The van der Waals surface area contributed by atoms with Crippen molar-refractivity contribution in [3.05, 3.63) is 98.0 Å². The molecular weight excluding hydrogens is 451 g/mol. The van der Waals surface area contributed by atoms with Gasteiger partial charge >= 0.3 is 5.76 Å². The molecule has 176 valence electrons. The molecule has 0 bridgehead atoms. The Bertz CT molecular complexity index is 1690. The van der Waals surface area contributed by atoms with E-state index >= 15 is 0 Å². The van der Waals surface area contributed by atoms with Crippen LogP contribution in [0.4, 0.5) is 10.1 Å². The number of H-pyrrole nitrogens is 1. The monoisotopic (exact) mass is 472 g/mol. The average molecular weight is 472 g/mol. The summed E-state index contributed by atoms with van der Waals surface area (Å²) in [6, 6.07) is 13.0. The number of aryl methyl sites for hydroxylation is 1. The summed E-state index contributed by atoms with van der Waals surface area (Å²) in [5.74, 6) is -0.782. The van der Waals surface area contributed by atoms with Gasteiger partial charge in [-0.1, -0.05) is 23.4 Å². The second-order valence-corrected chi connectivity index (χ2v) is 8.31. The first-order chi connectivity index (χ1) is 16.8. The minimum absolute atomic E-state index is 0.184. The van der Waals surface area contributed by atoms with E-state index in [1.807, 2.05) is 19.9 Å². The molecule has 35 heavy (non-hydrogen) atoms. The average Bonchev–Trinajstić information content (AvgIpc) is 3.28. The molecule has 0 aliphatic heterocycles. The summed E-state index contributed by atoms with van der Waals surface area (Å²) in [5, 5.41) is 7.50. The van der Waals surface area contributed by atoms with E-state index in [1.165, 1.54) is 6.07 Å². The standard InChI is InChI=1S/C26H21FN4O4/c1-13-11-17(15(3)29-20-9-6-10-28-21(20)25-30-26(33)35-31-25)24-18(12-13)22(32)14(2)23(34-24)16-7-4-5-8-19(16)27/h4-12,15,29H,1-3H3,(H,30,31,33)/t15-/m1/s1. The largest absolute Gasteiger partial charge is 0.455 e. The number of aromatic amines is 1. The molecule has 0 aliphatic carbocycles. The number of fused-ring (bicyclic) bond motifs is 1. The lowest BCUT2D eigenvalue weighted by molar-refractivity contribution is 0.388. The lowest BCUT2D eigenvalue weighted by Crippen LogP contribution is -2.13. The van der Waals surface area contributed by atoms with Crippen molar-refractivity contribution in [2.24, 2.45) is 0 Å². The molecule has 0 aliphatic rings. The van der Waals surface area contributed by atoms with Crippen molar-refractivity contribution in [3.63, 3.8) is 0 Å². The smallest absolute Gasteiger partial charge is 0.439 e. The van der Waals surface area contributed by atoms with E-state index in [4.69, 9.17) is 4.42 Å². The van der Waals surface area contributed by atoms with Crippen molar-refractivity contribution >= 4 is 16.7 Å². The fourth-order valence-corrected chi connectivity index (χ4v) is 4.14. The first-order valence-corrected chi connectivity index (χ1v) is 10.9. The van der Waals surface area contributed by atoms with E-state index in [1.54, 1.807) is 49.5 Å². The van der Waals surface area contributed by atoms with Gasteiger partial charge in [0.25, 0.3) is 0 Å². The van der Waals surface area contributed by atoms with Gasteiger partial charge in [0, 0.05) is 17.3 Å². The van der Waals surface area contributed by atoms with Crippen LogP contribution in [0.5, 0.6) is 0 Å². The first kappa shape index (κ1) is 22.3. The number of hydrogen-bond donors (Lipinski definition) is 2. The molecule has 3 aromatic heterocycles. The minimum atomic E-state index is -0.688. The fourth-order valence-electron chi connectivity index (χ4n) is 4.14. The normalized spacial score (nSPS) is 12.1. The molecule has 0 amide bonds. The second-order valence-electron chi connectivity index (χ2n) is 8.31. The molecule has 2 N–H and O–H groups in total. The Hall–Kier alpha value is -4.53. The Balaban J connectivity index is 1.65. The molecule has 0 unspecified atom stereocenters. The Kier molecular flexibility index (Phi) is 5.52. The molecule has 1 atom stereocenters. The van der Waals surface area contributed by atoms with Gasteiger partial charge in [-0.15, -0.1) is 0 Å². The predicted molar refractivity (Wildman–Crippen MR) is 130 cm³/mol. The van der Waals surface area contributed by atoms with E-state index in [0.29, 0.717) is 33.5 Å². The van der Waals surface area contributed by atoms with Gasteiger partial charge < -0.3 is 9.73 Å². The van der Waals surface area contributed by atoms with E-state index < -0.39 is 11.6 Å². The van der Waals surface area contributed by atoms with E-state index in [9.17, 15) is 14.0 Å². The van der Waals surface area contributed by atoms with Gasteiger partial charge in [0.05, 0.1) is 22.7 Å². The number of rotatable bonds is 5. The Morgan fingerprint density at radius 3 is 2.63 bits per heavy atom. The number of aromatic nitrogens is 3. The molecule has 8 nitrogen and oxygen atoms in total. The minimum Gasteiger partial charge on any atom is -0.455 e. The zero-order chi connectivity index (χ0) is 24.7. The van der Waals surface area contributed by atoms with Gasteiger partial charge in [0.1, 0.15) is 22.9 Å². The van der Waals surface area contributed by atoms with Crippen LogP contribution in [0.25, 0.3) is 33.8 Å². The number of halogens is 1. The number of nitrogens with zero attached hydrogens (tertiary/aromatic N) is 2. The van der Waals surface area contributed by atoms with Gasteiger partial charge in [0.15, 0.2) is 5.43 Å².